The van der Waals surface area contributed by atoms with Gasteiger partial charge in [-0.3, -0.25) is 10.1 Å². The number of nitrogens with zero attached hydrogens (tertiary/aromatic N) is 1. The molecule has 0 aromatic heterocycles. The number of hydrogen-bond acceptors (Lipinski definition) is 3. The van der Waals surface area contributed by atoms with Crippen LogP contribution in [-0.4, -0.2) is 11.2 Å². The van der Waals surface area contributed by atoms with Crippen LogP contribution in [0.15, 0.2) is 71.6 Å². The molecule has 4 rings (SSSR count). The highest BCUT2D eigenvalue weighted by Gasteiger charge is 2.25. The van der Waals surface area contributed by atoms with Gasteiger partial charge in [0, 0.05) is 15.5 Å². The number of rotatable bonds is 3. The van der Waals surface area contributed by atoms with E-state index in [-0.39, 0.29) is 10.6 Å². The highest BCUT2D eigenvalue weighted by Crippen LogP contribution is 2.46. The lowest BCUT2D eigenvalue weighted by Crippen LogP contribution is -1.97. The summed E-state index contributed by atoms with van der Waals surface area (Å²) in [5, 5.41) is 16.0. The van der Waals surface area contributed by atoms with E-state index in [1.807, 2.05) is 73.0 Å². The van der Waals surface area contributed by atoms with Crippen LogP contribution in [0.4, 0.5) is 5.69 Å². The summed E-state index contributed by atoms with van der Waals surface area (Å²) in [5.41, 5.74) is 1.53. The molecule has 0 aliphatic rings. The largest absolute Gasteiger partial charge is 0.285 e. The molecule has 0 atom stereocenters. The standard InChI is InChI=1S/C21H14ClNO2S/c1-26-19-11-10-13(22)12-18(19)20-16-8-4-2-6-14(16)15-7-3-5-9-17(15)21(20)23(24)25/h2-12H,1H3. The van der Waals surface area contributed by atoms with E-state index in [9.17, 15) is 10.1 Å². The molecule has 0 heterocycles. The van der Waals surface area contributed by atoms with E-state index in [4.69, 9.17) is 11.6 Å². The van der Waals surface area contributed by atoms with Gasteiger partial charge in [0.15, 0.2) is 0 Å². The molecule has 0 aliphatic heterocycles. The van der Waals surface area contributed by atoms with Gasteiger partial charge in [-0.25, -0.2) is 0 Å². The Morgan fingerprint density at radius 2 is 1.46 bits per heavy atom. The third kappa shape index (κ3) is 2.62. The molecule has 0 bridgehead atoms. The first-order chi connectivity index (χ1) is 12.6. The summed E-state index contributed by atoms with van der Waals surface area (Å²) >= 11 is 7.80. The predicted octanol–water partition coefficient (Wildman–Crippen LogP) is 6.94. The minimum absolute atomic E-state index is 0.122. The molecule has 0 radical (unpaired) electrons. The van der Waals surface area contributed by atoms with Gasteiger partial charge in [0.2, 0.25) is 0 Å². The van der Waals surface area contributed by atoms with E-state index >= 15 is 0 Å². The van der Waals surface area contributed by atoms with Gasteiger partial charge in [0.25, 0.3) is 5.69 Å². The third-order valence-electron chi connectivity index (χ3n) is 4.52. The molecule has 4 aromatic carbocycles. The maximum absolute atomic E-state index is 12.1. The normalized spacial score (nSPS) is 11.2. The summed E-state index contributed by atoms with van der Waals surface area (Å²) in [6.45, 7) is 0. The molecule has 0 N–H and O–H groups in total. The minimum Gasteiger partial charge on any atom is -0.258 e. The van der Waals surface area contributed by atoms with Gasteiger partial charge < -0.3 is 0 Å². The number of hydrogen-bond donors (Lipinski definition) is 0. The lowest BCUT2D eigenvalue weighted by molar-refractivity contribution is -0.382. The number of nitro benzene ring substituents is 1. The van der Waals surface area contributed by atoms with Gasteiger partial charge in [-0.1, -0.05) is 54.1 Å². The topological polar surface area (TPSA) is 43.1 Å². The quantitative estimate of drug-likeness (QED) is 0.167. The first-order valence-electron chi connectivity index (χ1n) is 8.03. The Kier molecular flexibility index (Phi) is 4.31. The second kappa shape index (κ2) is 6.63. The molecule has 0 unspecified atom stereocenters. The highest BCUT2D eigenvalue weighted by atomic mass is 35.5. The van der Waals surface area contributed by atoms with E-state index < -0.39 is 0 Å². The summed E-state index contributed by atoms with van der Waals surface area (Å²) in [4.78, 5) is 12.8. The van der Waals surface area contributed by atoms with Gasteiger partial charge in [-0.2, -0.15) is 0 Å². The molecule has 5 heteroatoms. The molecule has 0 fully saturated rings. The molecule has 0 amide bonds. The Hall–Kier alpha value is -2.56. The zero-order valence-electron chi connectivity index (χ0n) is 13.9. The average Bonchev–Trinajstić information content (AvgIpc) is 2.66. The lowest BCUT2D eigenvalue weighted by atomic mass is 9.91. The van der Waals surface area contributed by atoms with Gasteiger partial charge in [0.05, 0.1) is 15.9 Å². The van der Waals surface area contributed by atoms with Gasteiger partial charge in [-0.05, 0) is 46.7 Å². The van der Waals surface area contributed by atoms with Crippen molar-refractivity contribution in [2.45, 2.75) is 4.90 Å². The number of halogens is 1. The number of thioether (sulfide) groups is 1. The van der Waals surface area contributed by atoms with Gasteiger partial charge in [0.1, 0.15) is 0 Å². The van der Waals surface area contributed by atoms with E-state index in [0.29, 0.717) is 16.0 Å². The summed E-state index contributed by atoms with van der Waals surface area (Å²) in [6.07, 6.45) is 1.96. The van der Waals surface area contributed by atoms with Crippen molar-refractivity contribution in [3.8, 4) is 11.1 Å². The number of fused-ring (bicyclic) bond motifs is 3. The maximum atomic E-state index is 12.1. The Morgan fingerprint density at radius 3 is 2.08 bits per heavy atom. The van der Waals surface area contributed by atoms with Crippen LogP contribution in [0.1, 0.15) is 0 Å². The minimum atomic E-state index is -0.283. The molecule has 0 saturated carbocycles. The first-order valence-corrected chi connectivity index (χ1v) is 9.64. The predicted molar refractivity (Wildman–Crippen MR) is 110 cm³/mol. The molecule has 128 valence electrons. The van der Waals surface area contributed by atoms with Crippen molar-refractivity contribution in [1.82, 2.24) is 0 Å². The summed E-state index contributed by atoms with van der Waals surface area (Å²) in [5.74, 6) is 0. The van der Waals surface area contributed by atoms with E-state index in [0.717, 1.165) is 26.6 Å². The van der Waals surface area contributed by atoms with Crippen LogP contribution in [0.2, 0.25) is 5.02 Å². The maximum Gasteiger partial charge on any atom is 0.285 e. The van der Waals surface area contributed by atoms with Gasteiger partial charge in [-0.15, -0.1) is 11.8 Å². The molecule has 0 saturated heterocycles. The molecule has 0 spiro atoms. The van der Waals surface area contributed by atoms with Crippen LogP contribution in [0.5, 0.6) is 0 Å². The third-order valence-corrected chi connectivity index (χ3v) is 5.55. The second-order valence-corrected chi connectivity index (χ2v) is 7.20. The Labute approximate surface area is 159 Å². The highest BCUT2D eigenvalue weighted by molar-refractivity contribution is 7.98. The van der Waals surface area contributed by atoms with Crippen molar-refractivity contribution in [2.75, 3.05) is 6.26 Å². The fourth-order valence-electron chi connectivity index (χ4n) is 3.46. The van der Waals surface area contributed by atoms with E-state index in [2.05, 4.69) is 0 Å². The van der Waals surface area contributed by atoms with Crippen molar-refractivity contribution in [2.24, 2.45) is 0 Å². The van der Waals surface area contributed by atoms with Crippen molar-refractivity contribution in [3.63, 3.8) is 0 Å². The SMILES string of the molecule is CSc1ccc(Cl)cc1-c1c([N+](=O)[O-])c2ccccc2c2ccccc12. The zero-order chi connectivity index (χ0) is 18.3. The number of benzene rings is 4. The van der Waals surface area contributed by atoms with Crippen molar-refractivity contribution in [3.05, 3.63) is 81.9 Å². The smallest absolute Gasteiger partial charge is 0.258 e. The van der Waals surface area contributed by atoms with E-state index in [1.54, 1.807) is 11.8 Å². The van der Waals surface area contributed by atoms with Crippen molar-refractivity contribution >= 4 is 50.6 Å². The second-order valence-electron chi connectivity index (χ2n) is 5.92. The lowest BCUT2D eigenvalue weighted by Gasteiger charge is -2.15. The Balaban J connectivity index is 2.30. The Bertz CT molecular complexity index is 1170. The average molecular weight is 380 g/mol. The van der Waals surface area contributed by atoms with Crippen LogP contribution < -0.4 is 0 Å². The molecule has 0 aliphatic carbocycles. The molecule has 26 heavy (non-hydrogen) atoms. The summed E-state index contributed by atoms with van der Waals surface area (Å²) in [6, 6.07) is 20.8. The van der Waals surface area contributed by atoms with E-state index in [1.165, 1.54) is 0 Å². The molecular weight excluding hydrogens is 366 g/mol. The fourth-order valence-corrected chi connectivity index (χ4v) is 4.22. The van der Waals surface area contributed by atoms with Crippen LogP contribution >= 0.6 is 23.4 Å². The fraction of sp³-hybridized carbons (Fsp3) is 0.0476. The van der Waals surface area contributed by atoms with Crippen molar-refractivity contribution < 1.29 is 4.92 Å². The molecule has 3 nitrogen and oxygen atoms in total. The first kappa shape index (κ1) is 16.9. The molecule has 4 aromatic rings. The van der Waals surface area contributed by atoms with Crippen LogP contribution in [0.25, 0.3) is 32.7 Å². The number of nitro groups is 1. The summed E-state index contributed by atoms with van der Waals surface area (Å²) < 4.78 is 0. The summed E-state index contributed by atoms with van der Waals surface area (Å²) in [7, 11) is 0. The molecular formula is C21H14ClNO2S. The van der Waals surface area contributed by atoms with Gasteiger partial charge >= 0.3 is 0 Å². The van der Waals surface area contributed by atoms with Crippen LogP contribution in [-0.2, 0) is 0 Å². The van der Waals surface area contributed by atoms with Crippen LogP contribution in [0, 0.1) is 10.1 Å². The van der Waals surface area contributed by atoms with Crippen LogP contribution in [0.3, 0.4) is 0 Å². The Morgan fingerprint density at radius 1 is 0.885 bits per heavy atom. The monoisotopic (exact) mass is 379 g/mol. The van der Waals surface area contributed by atoms with Crippen molar-refractivity contribution in [1.29, 1.82) is 0 Å². The zero-order valence-corrected chi connectivity index (χ0v) is 15.5.